The third-order valence-corrected chi connectivity index (χ3v) is 5.19. The fourth-order valence-electron chi connectivity index (χ4n) is 2.75. The van der Waals surface area contributed by atoms with Gasteiger partial charge < -0.3 is 4.74 Å². The lowest BCUT2D eigenvalue weighted by molar-refractivity contribution is 0.0466. The van der Waals surface area contributed by atoms with Crippen LogP contribution in [0.25, 0.3) is 21.3 Å². The molecule has 0 aliphatic rings. The van der Waals surface area contributed by atoms with E-state index in [-0.39, 0.29) is 23.3 Å². The summed E-state index contributed by atoms with van der Waals surface area (Å²) in [6.45, 7) is 0.0212. The molecule has 0 radical (unpaired) electrons. The van der Waals surface area contributed by atoms with Crippen LogP contribution >= 0.6 is 11.3 Å². The Morgan fingerprint density at radius 1 is 1.07 bits per heavy atom. The maximum absolute atomic E-state index is 12.3. The molecule has 0 aliphatic heterocycles. The molecule has 4 rings (SSSR count). The second-order valence-electron chi connectivity index (χ2n) is 5.92. The van der Waals surface area contributed by atoms with Gasteiger partial charge in [-0.1, -0.05) is 12.1 Å². The van der Waals surface area contributed by atoms with E-state index in [2.05, 4.69) is 9.97 Å². The van der Waals surface area contributed by atoms with E-state index in [4.69, 9.17) is 4.74 Å². The number of aromatic nitrogens is 4. The summed E-state index contributed by atoms with van der Waals surface area (Å²) >= 11 is 1.45. The summed E-state index contributed by atoms with van der Waals surface area (Å²) in [5, 5.41) is 0.925. The van der Waals surface area contributed by atoms with Crippen molar-refractivity contribution in [2.45, 2.75) is 6.61 Å². The summed E-state index contributed by atoms with van der Waals surface area (Å²) in [5.74, 6) is -0.649. The number of hydrogen-bond acceptors (Lipinski definition) is 7. The number of nitrogens with zero attached hydrogens (tertiary/aromatic N) is 4. The standard InChI is InChI=1S/C18H14N4O4S/c1-21-15-10(16(23)22(2)18(21)25)7-8-12(20-15)17(24)26-9-14-19-11-5-3-4-6-13(11)27-14/h3-8H,9H2,1-2H3. The number of pyridine rings is 1. The van der Waals surface area contributed by atoms with Gasteiger partial charge in [-0.2, -0.15) is 0 Å². The average Bonchev–Trinajstić information content (AvgIpc) is 3.11. The molecule has 136 valence electrons. The molecule has 0 aliphatic carbocycles. The van der Waals surface area contributed by atoms with Gasteiger partial charge in [-0.05, 0) is 24.3 Å². The molecular formula is C18H14N4O4S. The highest BCUT2D eigenvalue weighted by Crippen LogP contribution is 2.22. The Bertz CT molecular complexity index is 1290. The first-order valence-electron chi connectivity index (χ1n) is 8.04. The van der Waals surface area contributed by atoms with Crippen LogP contribution in [0.5, 0.6) is 0 Å². The van der Waals surface area contributed by atoms with Crippen molar-refractivity contribution < 1.29 is 9.53 Å². The van der Waals surface area contributed by atoms with Gasteiger partial charge in [0.2, 0.25) is 0 Å². The van der Waals surface area contributed by atoms with E-state index >= 15 is 0 Å². The van der Waals surface area contributed by atoms with Crippen LogP contribution in [-0.4, -0.2) is 25.1 Å². The van der Waals surface area contributed by atoms with Crippen molar-refractivity contribution in [1.29, 1.82) is 0 Å². The molecule has 0 spiro atoms. The third kappa shape index (κ3) is 2.91. The van der Waals surface area contributed by atoms with Gasteiger partial charge in [-0.3, -0.25) is 13.9 Å². The number of thiazole rings is 1. The molecular weight excluding hydrogens is 368 g/mol. The van der Waals surface area contributed by atoms with Gasteiger partial charge in [0.1, 0.15) is 17.3 Å². The largest absolute Gasteiger partial charge is 0.454 e. The van der Waals surface area contributed by atoms with Gasteiger partial charge in [0.15, 0.2) is 5.69 Å². The van der Waals surface area contributed by atoms with Crippen LogP contribution in [0.3, 0.4) is 0 Å². The van der Waals surface area contributed by atoms with Crippen LogP contribution in [0.1, 0.15) is 15.5 Å². The first-order valence-corrected chi connectivity index (χ1v) is 8.85. The minimum atomic E-state index is -0.649. The van der Waals surface area contributed by atoms with Gasteiger partial charge in [0, 0.05) is 14.1 Å². The van der Waals surface area contributed by atoms with Crippen LogP contribution in [0.4, 0.5) is 0 Å². The molecule has 1 aromatic carbocycles. The van der Waals surface area contributed by atoms with Crippen molar-refractivity contribution in [3.63, 3.8) is 0 Å². The monoisotopic (exact) mass is 382 g/mol. The summed E-state index contributed by atoms with van der Waals surface area (Å²) in [5.41, 5.74) is 0.0302. The first-order chi connectivity index (χ1) is 13.0. The topological polar surface area (TPSA) is 96.1 Å². The highest BCUT2D eigenvalue weighted by atomic mass is 32.1. The predicted molar refractivity (Wildman–Crippen MR) is 101 cm³/mol. The molecule has 3 heterocycles. The van der Waals surface area contributed by atoms with E-state index < -0.39 is 17.2 Å². The zero-order chi connectivity index (χ0) is 19.1. The molecule has 0 bridgehead atoms. The predicted octanol–water partition coefficient (Wildman–Crippen LogP) is 1.60. The van der Waals surface area contributed by atoms with E-state index in [0.717, 1.165) is 14.8 Å². The Labute approximate surface area is 156 Å². The van der Waals surface area contributed by atoms with Crippen molar-refractivity contribution in [3.8, 4) is 0 Å². The fraction of sp³-hybridized carbons (Fsp3) is 0.167. The number of rotatable bonds is 3. The second-order valence-corrected chi connectivity index (χ2v) is 7.04. The number of para-hydroxylation sites is 1. The highest BCUT2D eigenvalue weighted by Gasteiger charge is 2.15. The molecule has 0 unspecified atom stereocenters. The molecule has 9 heteroatoms. The Kier molecular flexibility index (Phi) is 4.08. The normalized spacial score (nSPS) is 11.2. The van der Waals surface area contributed by atoms with Gasteiger partial charge >= 0.3 is 11.7 Å². The van der Waals surface area contributed by atoms with Crippen molar-refractivity contribution in [2.24, 2.45) is 14.1 Å². The number of carbonyl (C=O) groups excluding carboxylic acids is 1. The van der Waals surface area contributed by atoms with E-state index in [1.807, 2.05) is 24.3 Å². The smallest absolute Gasteiger partial charge is 0.357 e. The molecule has 3 aromatic heterocycles. The summed E-state index contributed by atoms with van der Waals surface area (Å²) in [6, 6.07) is 10.5. The molecule has 4 aromatic rings. The number of ether oxygens (including phenoxy) is 1. The molecule has 0 atom stereocenters. The maximum Gasteiger partial charge on any atom is 0.357 e. The summed E-state index contributed by atoms with van der Waals surface area (Å²) in [7, 11) is 2.89. The quantitative estimate of drug-likeness (QED) is 0.500. The summed E-state index contributed by atoms with van der Waals surface area (Å²) in [4.78, 5) is 45.1. The van der Waals surface area contributed by atoms with E-state index in [1.54, 1.807) is 0 Å². The zero-order valence-electron chi connectivity index (χ0n) is 14.5. The van der Waals surface area contributed by atoms with Gasteiger partial charge in [0.25, 0.3) is 5.56 Å². The Hall–Kier alpha value is -3.33. The summed E-state index contributed by atoms with van der Waals surface area (Å²) in [6.07, 6.45) is 0. The van der Waals surface area contributed by atoms with Crippen LogP contribution in [0.15, 0.2) is 46.0 Å². The molecule has 0 amide bonds. The molecule has 8 nitrogen and oxygen atoms in total. The number of benzene rings is 1. The molecule has 0 N–H and O–H groups in total. The summed E-state index contributed by atoms with van der Waals surface area (Å²) < 4.78 is 8.52. The van der Waals surface area contributed by atoms with Crippen LogP contribution in [0, 0.1) is 0 Å². The minimum Gasteiger partial charge on any atom is -0.454 e. The molecule has 0 saturated heterocycles. The van der Waals surface area contributed by atoms with Gasteiger partial charge in [-0.15, -0.1) is 11.3 Å². The lowest BCUT2D eigenvalue weighted by Gasteiger charge is -2.08. The van der Waals surface area contributed by atoms with Crippen molar-refractivity contribution in [2.75, 3.05) is 0 Å². The number of hydrogen-bond donors (Lipinski definition) is 0. The van der Waals surface area contributed by atoms with Crippen LogP contribution < -0.4 is 11.2 Å². The average molecular weight is 382 g/mol. The third-order valence-electron chi connectivity index (χ3n) is 4.18. The van der Waals surface area contributed by atoms with Crippen LogP contribution in [-0.2, 0) is 25.4 Å². The lowest BCUT2D eigenvalue weighted by Crippen LogP contribution is -2.37. The van der Waals surface area contributed by atoms with Crippen molar-refractivity contribution in [1.82, 2.24) is 19.1 Å². The molecule has 27 heavy (non-hydrogen) atoms. The van der Waals surface area contributed by atoms with Gasteiger partial charge in [-0.25, -0.2) is 19.6 Å². The molecule has 0 saturated carbocycles. The van der Waals surface area contributed by atoms with E-state index in [1.165, 1.54) is 42.1 Å². The highest BCUT2D eigenvalue weighted by molar-refractivity contribution is 7.18. The Balaban J connectivity index is 1.62. The number of carbonyl (C=O) groups is 1. The zero-order valence-corrected chi connectivity index (χ0v) is 15.3. The van der Waals surface area contributed by atoms with Crippen LogP contribution in [0.2, 0.25) is 0 Å². The lowest BCUT2D eigenvalue weighted by atomic mass is 10.3. The van der Waals surface area contributed by atoms with E-state index in [9.17, 15) is 14.4 Å². The first kappa shape index (κ1) is 17.1. The Morgan fingerprint density at radius 2 is 1.85 bits per heavy atom. The van der Waals surface area contributed by atoms with E-state index in [0.29, 0.717) is 5.01 Å². The maximum atomic E-state index is 12.3. The SMILES string of the molecule is Cn1c(=O)c2ccc(C(=O)OCc3nc4ccccc4s3)nc2n(C)c1=O. The van der Waals surface area contributed by atoms with Crippen molar-refractivity contribution in [3.05, 3.63) is 67.9 Å². The Morgan fingerprint density at radius 3 is 2.63 bits per heavy atom. The fourth-order valence-corrected chi connectivity index (χ4v) is 3.63. The number of aryl methyl sites for hydroxylation is 1. The number of fused-ring (bicyclic) bond motifs is 2. The van der Waals surface area contributed by atoms with Gasteiger partial charge in [0.05, 0.1) is 15.6 Å². The number of esters is 1. The minimum absolute atomic E-state index is 0.0202. The molecule has 0 fully saturated rings. The van der Waals surface area contributed by atoms with Crippen molar-refractivity contribution >= 4 is 38.6 Å². The second kappa shape index (κ2) is 6.44.